The van der Waals surface area contributed by atoms with E-state index in [0.29, 0.717) is 6.04 Å². The molecule has 0 aromatic heterocycles. The van der Waals surface area contributed by atoms with Gasteiger partial charge in [-0.25, -0.2) is 0 Å². The first-order chi connectivity index (χ1) is 7.90. The van der Waals surface area contributed by atoms with Crippen LogP contribution in [0, 0.1) is 0 Å². The van der Waals surface area contributed by atoms with Gasteiger partial charge in [-0.1, -0.05) is 30.3 Å². The number of ether oxygens (including phenoxy) is 1. The highest BCUT2D eigenvalue weighted by Crippen LogP contribution is 2.10. The van der Waals surface area contributed by atoms with Crippen molar-refractivity contribution in [3.05, 3.63) is 35.9 Å². The van der Waals surface area contributed by atoms with Crippen LogP contribution in [0.15, 0.2) is 30.3 Å². The molecule has 0 saturated carbocycles. The Bertz CT molecular complexity index is 300. The first kappa shape index (κ1) is 11.6. The lowest BCUT2D eigenvalue weighted by Crippen LogP contribution is -2.52. The molecule has 1 aliphatic heterocycles. The Hall–Kier alpha value is -0.900. The van der Waals surface area contributed by atoms with Crippen LogP contribution < -0.4 is 5.32 Å². The van der Waals surface area contributed by atoms with Gasteiger partial charge in [-0.3, -0.25) is 4.90 Å². The molecule has 16 heavy (non-hydrogen) atoms. The quantitative estimate of drug-likeness (QED) is 0.822. The fraction of sp³-hybridized carbons (Fsp3) is 0.538. The summed E-state index contributed by atoms with van der Waals surface area (Å²) in [6.07, 6.45) is 0. The van der Waals surface area contributed by atoms with Crippen molar-refractivity contribution in [3.8, 4) is 0 Å². The fourth-order valence-corrected chi connectivity index (χ4v) is 2.19. The molecule has 1 unspecified atom stereocenters. The third-order valence-electron chi connectivity index (χ3n) is 3.06. The van der Waals surface area contributed by atoms with Crippen molar-refractivity contribution < 1.29 is 4.74 Å². The molecule has 1 aromatic rings. The van der Waals surface area contributed by atoms with Crippen molar-refractivity contribution >= 4 is 0 Å². The van der Waals surface area contributed by atoms with Crippen molar-refractivity contribution in [1.29, 1.82) is 0 Å². The maximum Gasteiger partial charge on any atom is 0.0630 e. The average Bonchev–Trinajstić information content (AvgIpc) is 2.33. The van der Waals surface area contributed by atoms with Crippen LogP contribution in [0.4, 0.5) is 0 Å². The number of methoxy groups -OCH3 is 1. The SMILES string of the molecule is COCC1CNCCN1Cc1ccccc1. The van der Waals surface area contributed by atoms with Crippen LogP contribution in [0.3, 0.4) is 0 Å². The minimum atomic E-state index is 0.499. The van der Waals surface area contributed by atoms with Gasteiger partial charge in [0.15, 0.2) is 0 Å². The predicted octanol–water partition coefficient (Wildman–Crippen LogP) is 1.11. The Morgan fingerprint density at radius 2 is 2.19 bits per heavy atom. The van der Waals surface area contributed by atoms with Crippen LogP contribution in [0.1, 0.15) is 5.56 Å². The lowest BCUT2D eigenvalue weighted by Gasteiger charge is -2.35. The van der Waals surface area contributed by atoms with Gasteiger partial charge in [-0.05, 0) is 5.56 Å². The molecular weight excluding hydrogens is 200 g/mol. The van der Waals surface area contributed by atoms with Gasteiger partial charge in [0.2, 0.25) is 0 Å². The second-order valence-corrected chi connectivity index (χ2v) is 4.27. The summed E-state index contributed by atoms with van der Waals surface area (Å²) >= 11 is 0. The van der Waals surface area contributed by atoms with Crippen LogP contribution in [-0.4, -0.2) is 44.3 Å². The molecule has 1 aliphatic rings. The maximum atomic E-state index is 5.27. The topological polar surface area (TPSA) is 24.5 Å². The number of nitrogens with zero attached hydrogens (tertiary/aromatic N) is 1. The molecule has 1 N–H and O–H groups in total. The number of hydrogen-bond donors (Lipinski definition) is 1. The summed E-state index contributed by atoms with van der Waals surface area (Å²) < 4.78 is 5.27. The Balaban J connectivity index is 1.96. The summed E-state index contributed by atoms with van der Waals surface area (Å²) in [6.45, 7) is 5.03. The van der Waals surface area contributed by atoms with Gasteiger partial charge in [-0.15, -0.1) is 0 Å². The number of benzene rings is 1. The second-order valence-electron chi connectivity index (χ2n) is 4.27. The average molecular weight is 220 g/mol. The van der Waals surface area contributed by atoms with Crippen molar-refractivity contribution in [2.75, 3.05) is 33.4 Å². The van der Waals surface area contributed by atoms with E-state index in [9.17, 15) is 0 Å². The van der Waals surface area contributed by atoms with E-state index in [0.717, 1.165) is 32.8 Å². The van der Waals surface area contributed by atoms with Gasteiger partial charge < -0.3 is 10.1 Å². The van der Waals surface area contributed by atoms with Gasteiger partial charge in [0.1, 0.15) is 0 Å². The van der Waals surface area contributed by atoms with Crippen LogP contribution in [0.2, 0.25) is 0 Å². The minimum absolute atomic E-state index is 0.499. The molecule has 3 heteroatoms. The zero-order valence-corrected chi connectivity index (χ0v) is 9.86. The van der Waals surface area contributed by atoms with Crippen LogP contribution in [0.25, 0.3) is 0 Å². The van der Waals surface area contributed by atoms with Gasteiger partial charge in [0.05, 0.1) is 6.61 Å². The highest BCUT2D eigenvalue weighted by atomic mass is 16.5. The lowest BCUT2D eigenvalue weighted by molar-refractivity contribution is 0.0687. The van der Waals surface area contributed by atoms with Gasteiger partial charge in [0, 0.05) is 39.3 Å². The van der Waals surface area contributed by atoms with Gasteiger partial charge in [0.25, 0.3) is 0 Å². The van der Waals surface area contributed by atoms with Gasteiger partial charge >= 0.3 is 0 Å². The largest absolute Gasteiger partial charge is 0.383 e. The Kier molecular flexibility index (Phi) is 4.34. The molecular formula is C13H20N2O. The van der Waals surface area contributed by atoms with Crippen LogP contribution >= 0.6 is 0 Å². The highest BCUT2D eigenvalue weighted by molar-refractivity contribution is 5.14. The molecule has 1 heterocycles. The summed E-state index contributed by atoms with van der Waals surface area (Å²) in [5.41, 5.74) is 1.38. The molecule has 0 radical (unpaired) electrons. The smallest absolute Gasteiger partial charge is 0.0630 e. The molecule has 0 spiro atoms. The first-order valence-corrected chi connectivity index (χ1v) is 5.88. The lowest BCUT2D eigenvalue weighted by atomic mass is 10.1. The monoisotopic (exact) mass is 220 g/mol. The number of piperazine rings is 1. The fourth-order valence-electron chi connectivity index (χ4n) is 2.19. The highest BCUT2D eigenvalue weighted by Gasteiger charge is 2.21. The Morgan fingerprint density at radius 1 is 1.38 bits per heavy atom. The molecule has 0 bridgehead atoms. The van der Waals surface area contributed by atoms with E-state index in [1.807, 2.05) is 0 Å². The van der Waals surface area contributed by atoms with Crippen molar-refractivity contribution in [3.63, 3.8) is 0 Å². The van der Waals surface area contributed by atoms with E-state index in [4.69, 9.17) is 4.74 Å². The number of hydrogen-bond acceptors (Lipinski definition) is 3. The van der Waals surface area contributed by atoms with E-state index in [1.165, 1.54) is 5.56 Å². The zero-order chi connectivity index (χ0) is 11.2. The van der Waals surface area contributed by atoms with Crippen LogP contribution in [-0.2, 0) is 11.3 Å². The van der Waals surface area contributed by atoms with Gasteiger partial charge in [-0.2, -0.15) is 0 Å². The summed E-state index contributed by atoms with van der Waals surface area (Å²) in [5, 5.41) is 3.41. The van der Waals surface area contributed by atoms with E-state index < -0.39 is 0 Å². The van der Waals surface area contributed by atoms with Crippen molar-refractivity contribution in [1.82, 2.24) is 10.2 Å². The Morgan fingerprint density at radius 3 is 2.94 bits per heavy atom. The third kappa shape index (κ3) is 3.04. The van der Waals surface area contributed by atoms with Crippen molar-refractivity contribution in [2.45, 2.75) is 12.6 Å². The minimum Gasteiger partial charge on any atom is -0.383 e. The molecule has 0 aliphatic carbocycles. The number of rotatable bonds is 4. The second kappa shape index (κ2) is 5.99. The third-order valence-corrected chi connectivity index (χ3v) is 3.06. The molecule has 3 nitrogen and oxygen atoms in total. The van der Waals surface area contributed by atoms with Crippen molar-refractivity contribution in [2.24, 2.45) is 0 Å². The summed E-state index contributed by atoms with van der Waals surface area (Å²) in [4.78, 5) is 2.50. The molecule has 1 fully saturated rings. The number of nitrogens with one attached hydrogen (secondary N) is 1. The summed E-state index contributed by atoms with van der Waals surface area (Å²) in [6, 6.07) is 11.1. The van der Waals surface area contributed by atoms with Crippen LogP contribution in [0.5, 0.6) is 0 Å². The van der Waals surface area contributed by atoms with E-state index in [2.05, 4.69) is 40.5 Å². The molecule has 2 rings (SSSR count). The summed E-state index contributed by atoms with van der Waals surface area (Å²) in [5.74, 6) is 0. The molecule has 1 atom stereocenters. The summed E-state index contributed by atoms with van der Waals surface area (Å²) in [7, 11) is 1.77. The standard InChI is InChI=1S/C13H20N2O/c1-16-11-13-9-14-7-8-15(13)10-12-5-3-2-4-6-12/h2-6,13-14H,7-11H2,1H3. The van der Waals surface area contributed by atoms with E-state index >= 15 is 0 Å². The molecule has 1 saturated heterocycles. The molecule has 1 aromatic carbocycles. The normalized spacial score (nSPS) is 22.2. The molecule has 0 amide bonds. The predicted molar refractivity (Wildman–Crippen MR) is 65.4 cm³/mol. The molecule has 88 valence electrons. The zero-order valence-electron chi connectivity index (χ0n) is 9.86. The first-order valence-electron chi connectivity index (χ1n) is 5.88. The van der Waals surface area contributed by atoms with E-state index in [-0.39, 0.29) is 0 Å². The Labute approximate surface area is 97.4 Å². The maximum absolute atomic E-state index is 5.27. The van der Waals surface area contributed by atoms with E-state index in [1.54, 1.807) is 7.11 Å².